The number of aliphatic hydroxyl groups is 1. The predicted octanol–water partition coefficient (Wildman–Crippen LogP) is 2.59. The maximum Gasteiger partial charge on any atom is 0.0492 e. The Morgan fingerprint density at radius 1 is 1.08 bits per heavy atom. The van der Waals surface area contributed by atoms with Gasteiger partial charge in [-0.15, -0.1) is 0 Å². The Balaban J connectivity index is 1.84. The Hall–Kier alpha value is -0.0400. The minimum absolute atomic E-state index is 0.404. The number of hydrogen-bond donors (Lipinski definition) is 1. The van der Waals surface area contributed by atoms with Crippen molar-refractivity contribution in [2.75, 3.05) is 6.61 Å². The van der Waals surface area contributed by atoms with E-state index < -0.39 is 0 Å². The molecule has 3 saturated carbocycles. The quantitative estimate of drug-likeness (QED) is 0.692. The van der Waals surface area contributed by atoms with E-state index in [1.807, 2.05) is 0 Å². The molecule has 2 bridgehead atoms. The van der Waals surface area contributed by atoms with Gasteiger partial charge in [0.1, 0.15) is 0 Å². The number of fused-ring (bicyclic) bond motifs is 2. The minimum atomic E-state index is 0.404. The molecule has 3 fully saturated rings. The Bertz CT molecular complexity index is 209. The van der Waals surface area contributed by atoms with Crippen molar-refractivity contribution < 1.29 is 5.11 Å². The van der Waals surface area contributed by atoms with Crippen molar-refractivity contribution in [3.63, 3.8) is 0 Å². The molecule has 74 valence electrons. The lowest BCUT2D eigenvalue weighted by Gasteiger charge is -2.47. The molecular formula is C12H20O. The summed E-state index contributed by atoms with van der Waals surface area (Å²) in [5.74, 6) is 2.78. The first-order chi connectivity index (χ1) is 6.35. The molecule has 1 N–H and O–H groups in total. The van der Waals surface area contributed by atoms with Gasteiger partial charge in [-0.2, -0.15) is 0 Å². The van der Waals surface area contributed by atoms with E-state index >= 15 is 0 Å². The lowest BCUT2D eigenvalue weighted by Crippen LogP contribution is -2.42. The lowest BCUT2D eigenvalue weighted by atomic mass is 9.58. The largest absolute Gasteiger partial charge is 0.396 e. The van der Waals surface area contributed by atoms with Crippen molar-refractivity contribution >= 4 is 0 Å². The van der Waals surface area contributed by atoms with E-state index in [4.69, 9.17) is 0 Å². The minimum Gasteiger partial charge on any atom is -0.396 e. The van der Waals surface area contributed by atoms with Gasteiger partial charge < -0.3 is 5.11 Å². The second-order valence-electron chi connectivity index (χ2n) is 5.60. The summed E-state index contributed by atoms with van der Waals surface area (Å²) in [6.45, 7) is 0.485. The summed E-state index contributed by atoms with van der Waals surface area (Å²) in [4.78, 5) is 0. The van der Waals surface area contributed by atoms with Crippen LogP contribution in [0.25, 0.3) is 0 Å². The normalized spacial score (nSPS) is 49.6. The van der Waals surface area contributed by atoms with E-state index in [9.17, 15) is 5.11 Å². The monoisotopic (exact) mass is 180 g/mol. The van der Waals surface area contributed by atoms with Crippen molar-refractivity contribution in [2.24, 2.45) is 23.2 Å². The molecule has 0 aliphatic heterocycles. The van der Waals surface area contributed by atoms with Crippen LogP contribution in [0.5, 0.6) is 0 Å². The zero-order valence-electron chi connectivity index (χ0n) is 8.34. The third-order valence-corrected chi connectivity index (χ3v) is 5.24. The molecule has 0 heterocycles. The molecule has 1 heteroatoms. The molecule has 3 atom stereocenters. The van der Waals surface area contributed by atoms with Gasteiger partial charge in [-0.3, -0.25) is 0 Å². The molecule has 0 amide bonds. The van der Waals surface area contributed by atoms with Crippen LogP contribution in [-0.2, 0) is 0 Å². The molecule has 13 heavy (non-hydrogen) atoms. The summed E-state index contributed by atoms with van der Waals surface area (Å²) >= 11 is 0. The van der Waals surface area contributed by atoms with Crippen molar-refractivity contribution in [2.45, 2.75) is 44.9 Å². The molecular weight excluding hydrogens is 160 g/mol. The molecule has 3 unspecified atom stereocenters. The third-order valence-electron chi connectivity index (χ3n) is 5.24. The van der Waals surface area contributed by atoms with E-state index in [0.717, 1.165) is 17.8 Å². The molecule has 0 saturated heterocycles. The van der Waals surface area contributed by atoms with Crippen molar-refractivity contribution in [1.29, 1.82) is 0 Å². The first-order valence-electron chi connectivity index (χ1n) is 5.96. The fourth-order valence-corrected chi connectivity index (χ4v) is 4.29. The van der Waals surface area contributed by atoms with Gasteiger partial charge in [-0.1, -0.05) is 12.8 Å². The van der Waals surface area contributed by atoms with Gasteiger partial charge in [-0.05, 0) is 55.3 Å². The second-order valence-corrected chi connectivity index (χ2v) is 5.60. The van der Waals surface area contributed by atoms with Crippen molar-refractivity contribution in [3.8, 4) is 0 Å². The molecule has 1 nitrogen and oxygen atoms in total. The summed E-state index contributed by atoms with van der Waals surface area (Å²) in [7, 11) is 0. The summed E-state index contributed by atoms with van der Waals surface area (Å²) in [6, 6.07) is 0. The van der Waals surface area contributed by atoms with Crippen LogP contribution in [0.1, 0.15) is 44.9 Å². The second kappa shape index (κ2) is 2.73. The zero-order chi connectivity index (χ0) is 8.89. The first kappa shape index (κ1) is 8.28. The van der Waals surface area contributed by atoms with Crippen LogP contribution in [0.2, 0.25) is 0 Å². The van der Waals surface area contributed by atoms with Crippen LogP contribution in [0.3, 0.4) is 0 Å². The van der Waals surface area contributed by atoms with E-state index in [0.29, 0.717) is 12.0 Å². The smallest absolute Gasteiger partial charge is 0.0492 e. The topological polar surface area (TPSA) is 20.2 Å². The SMILES string of the molecule is OCC1(C2CCC2)CC2CCC1C2. The Morgan fingerprint density at radius 3 is 2.31 bits per heavy atom. The first-order valence-corrected chi connectivity index (χ1v) is 5.96. The lowest BCUT2D eigenvalue weighted by molar-refractivity contribution is -0.0276. The van der Waals surface area contributed by atoms with Crippen LogP contribution in [0.4, 0.5) is 0 Å². The molecule has 0 aromatic heterocycles. The van der Waals surface area contributed by atoms with Gasteiger partial charge in [0.25, 0.3) is 0 Å². The van der Waals surface area contributed by atoms with Gasteiger partial charge in [0.05, 0.1) is 0 Å². The summed E-state index contributed by atoms with van der Waals surface area (Å²) in [5.41, 5.74) is 0.404. The molecule has 0 radical (unpaired) electrons. The summed E-state index contributed by atoms with van der Waals surface area (Å²) in [6.07, 6.45) is 9.91. The van der Waals surface area contributed by atoms with Gasteiger partial charge in [0.2, 0.25) is 0 Å². The summed E-state index contributed by atoms with van der Waals surface area (Å²) < 4.78 is 0. The highest BCUT2D eigenvalue weighted by Crippen LogP contribution is 2.62. The average Bonchev–Trinajstić information content (AvgIpc) is 2.60. The predicted molar refractivity (Wildman–Crippen MR) is 52.3 cm³/mol. The number of rotatable bonds is 2. The average molecular weight is 180 g/mol. The Labute approximate surface area is 80.5 Å². The Kier molecular flexibility index (Phi) is 1.74. The van der Waals surface area contributed by atoms with Crippen LogP contribution >= 0.6 is 0 Å². The van der Waals surface area contributed by atoms with E-state index in [1.165, 1.54) is 44.9 Å². The number of aliphatic hydroxyl groups excluding tert-OH is 1. The van der Waals surface area contributed by atoms with Crippen molar-refractivity contribution in [1.82, 2.24) is 0 Å². The highest BCUT2D eigenvalue weighted by molar-refractivity contribution is 5.04. The van der Waals surface area contributed by atoms with Crippen LogP contribution in [-0.4, -0.2) is 11.7 Å². The summed E-state index contributed by atoms with van der Waals surface area (Å²) in [5, 5.41) is 9.67. The van der Waals surface area contributed by atoms with Crippen molar-refractivity contribution in [3.05, 3.63) is 0 Å². The number of hydrogen-bond acceptors (Lipinski definition) is 1. The maximum absolute atomic E-state index is 9.67. The molecule has 0 aromatic rings. The zero-order valence-corrected chi connectivity index (χ0v) is 8.34. The molecule has 3 rings (SSSR count). The van der Waals surface area contributed by atoms with Gasteiger partial charge in [0.15, 0.2) is 0 Å². The standard InChI is InChI=1S/C12H20O/c13-8-12(10-2-1-3-10)7-9-4-5-11(12)6-9/h9-11,13H,1-8H2. The molecule has 3 aliphatic rings. The van der Waals surface area contributed by atoms with Gasteiger partial charge >= 0.3 is 0 Å². The third kappa shape index (κ3) is 0.971. The Morgan fingerprint density at radius 2 is 1.92 bits per heavy atom. The molecule has 0 spiro atoms. The van der Waals surface area contributed by atoms with E-state index in [-0.39, 0.29) is 0 Å². The van der Waals surface area contributed by atoms with Crippen LogP contribution < -0.4 is 0 Å². The van der Waals surface area contributed by atoms with Gasteiger partial charge in [-0.25, -0.2) is 0 Å². The fraction of sp³-hybridized carbons (Fsp3) is 1.00. The molecule has 3 aliphatic carbocycles. The highest BCUT2D eigenvalue weighted by Gasteiger charge is 2.55. The maximum atomic E-state index is 9.67. The highest BCUT2D eigenvalue weighted by atomic mass is 16.3. The van der Waals surface area contributed by atoms with Gasteiger partial charge in [0, 0.05) is 6.61 Å². The van der Waals surface area contributed by atoms with Crippen LogP contribution in [0, 0.1) is 23.2 Å². The van der Waals surface area contributed by atoms with Crippen LogP contribution in [0.15, 0.2) is 0 Å². The fourth-order valence-electron chi connectivity index (χ4n) is 4.29. The molecule has 0 aromatic carbocycles. The van der Waals surface area contributed by atoms with E-state index in [1.54, 1.807) is 0 Å². The van der Waals surface area contributed by atoms with E-state index in [2.05, 4.69) is 0 Å².